The van der Waals surface area contributed by atoms with Crippen LogP contribution in [0.1, 0.15) is 18.7 Å². The van der Waals surface area contributed by atoms with E-state index in [0.717, 1.165) is 11.3 Å². The minimum Gasteiger partial charge on any atom is -0.341 e. The highest BCUT2D eigenvalue weighted by atomic mass is 19.1. The quantitative estimate of drug-likeness (QED) is 0.789. The Balaban J connectivity index is 2.33. The third-order valence-corrected chi connectivity index (χ3v) is 2.20. The number of imidazole rings is 1. The van der Waals surface area contributed by atoms with Crippen molar-refractivity contribution in [3.8, 4) is 11.4 Å². The molecule has 3 N–H and O–H groups in total. The molecule has 0 spiro atoms. The Morgan fingerprint density at radius 2 is 2.00 bits per heavy atom. The Kier molecular flexibility index (Phi) is 2.51. The van der Waals surface area contributed by atoms with Gasteiger partial charge >= 0.3 is 0 Å². The van der Waals surface area contributed by atoms with Gasteiger partial charge < -0.3 is 10.7 Å². The van der Waals surface area contributed by atoms with E-state index in [4.69, 9.17) is 5.73 Å². The number of H-pyrrole nitrogens is 1. The summed E-state index contributed by atoms with van der Waals surface area (Å²) in [4.78, 5) is 7.27. The monoisotopic (exact) mass is 205 g/mol. The fourth-order valence-corrected chi connectivity index (χ4v) is 1.32. The van der Waals surface area contributed by atoms with E-state index in [1.54, 1.807) is 18.3 Å². The summed E-state index contributed by atoms with van der Waals surface area (Å²) in [7, 11) is 0. The van der Waals surface area contributed by atoms with Crippen molar-refractivity contribution in [3.63, 3.8) is 0 Å². The fourth-order valence-electron chi connectivity index (χ4n) is 1.32. The van der Waals surface area contributed by atoms with Gasteiger partial charge in [0.15, 0.2) is 0 Å². The minimum atomic E-state index is -0.252. The smallest absolute Gasteiger partial charge is 0.137 e. The molecule has 78 valence electrons. The summed E-state index contributed by atoms with van der Waals surface area (Å²) in [6.45, 7) is 1.88. The zero-order valence-electron chi connectivity index (χ0n) is 8.37. The van der Waals surface area contributed by atoms with Crippen LogP contribution in [0.4, 0.5) is 4.39 Å². The maximum Gasteiger partial charge on any atom is 0.137 e. The van der Waals surface area contributed by atoms with Crippen LogP contribution in [0.5, 0.6) is 0 Å². The van der Waals surface area contributed by atoms with Crippen molar-refractivity contribution in [3.05, 3.63) is 42.0 Å². The molecule has 4 heteroatoms. The lowest BCUT2D eigenvalue weighted by molar-refractivity contribution is 0.628. The zero-order valence-corrected chi connectivity index (χ0v) is 8.37. The number of benzene rings is 1. The van der Waals surface area contributed by atoms with Crippen LogP contribution in [-0.2, 0) is 0 Å². The highest BCUT2D eigenvalue weighted by molar-refractivity contribution is 5.54. The number of hydrogen-bond acceptors (Lipinski definition) is 2. The average Bonchev–Trinajstić information content (AvgIpc) is 2.68. The molecular formula is C11H12FN3. The number of halogens is 1. The van der Waals surface area contributed by atoms with E-state index < -0.39 is 0 Å². The molecule has 0 saturated heterocycles. The maximum atomic E-state index is 12.7. The average molecular weight is 205 g/mol. The van der Waals surface area contributed by atoms with Gasteiger partial charge in [0.1, 0.15) is 11.6 Å². The van der Waals surface area contributed by atoms with Crippen LogP contribution < -0.4 is 5.73 Å². The Labute approximate surface area is 87.2 Å². The Bertz CT molecular complexity index is 445. The van der Waals surface area contributed by atoms with Crippen molar-refractivity contribution in [2.45, 2.75) is 13.0 Å². The lowest BCUT2D eigenvalue weighted by Crippen LogP contribution is -2.04. The molecule has 2 aromatic rings. The summed E-state index contributed by atoms with van der Waals surface area (Å²) in [5.41, 5.74) is 7.42. The number of nitrogens with zero attached hydrogens (tertiary/aromatic N) is 1. The van der Waals surface area contributed by atoms with E-state index in [1.807, 2.05) is 6.92 Å². The molecule has 0 radical (unpaired) electrons. The van der Waals surface area contributed by atoms with Crippen LogP contribution in [0, 0.1) is 5.82 Å². The molecule has 2 rings (SSSR count). The molecule has 3 nitrogen and oxygen atoms in total. The van der Waals surface area contributed by atoms with Crippen molar-refractivity contribution in [1.82, 2.24) is 9.97 Å². The van der Waals surface area contributed by atoms with E-state index >= 15 is 0 Å². The van der Waals surface area contributed by atoms with Crippen LogP contribution in [0.3, 0.4) is 0 Å². The maximum absolute atomic E-state index is 12.7. The van der Waals surface area contributed by atoms with Gasteiger partial charge in [-0.05, 0) is 31.2 Å². The van der Waals surface area contributed by atoms with Crippen molar-refractivity contribution in [2.24, 2.45) is 5.73 Å². The first kappa shape index (κ1) is 9.86. The molecule has 0 fully saturated rings. The summed E-state index contributed by atoms with van der Waals surface area (Å²) < 4.78 is 12.7. The van der Waals surface area contributed by atoms with E-state index in [0.29, 0.717) is 5.82 Å². The standard InChI is InChI=1S/C11H12FN3/c1-7(13)10-6-14-11(15-10)8-2-4-9(12)5-3-8/h2-7H,13H2,1H3,(H,14,15). The largest absolute Gasteiger partial charge is 0.341 e. The molecule has 1 heterocycles. The van der Waals surface area contributed by atoms with Crippen molar-refractivity contribution in [2.75, 3.05) is 0 Å². The normalized spacial score (nSPS) is 12.7. The van der Waals surface area contributed by atoms with Crippen molar-refractivity contribution < 1.29 is 4.39 Å². The molecule has 0 aliphatic heterocycles. The number of aromatic amines is 1. The lowest BCUT2D eigenvalue weighted by Gasteiger charge is -1.99. The molecule has 0 aliphatic carbocycles. The van der Waals surface area contributed by atoms with Crippen LogP contribution in [0.15, 0.2) is 30.5 Å². The van der Waals surface area contributed by atoms with Gasteiger partial charge in [-0.3, -0.25) is 0 Å². The van der Waals surface area contributed by atoms with E-state index in [1.165, 1.54) is 12.1 Å². The summed E-state index contributed by atoms with van der Waals surface area (Å²) in [6.07, 6.45) is 1.70. The summed E-state index contributed by atoms with van der Waals surface area (Å²) in [5, 5.41) is 0. The van der Waals surface area contributed by atoms with E-state index in [-0.39, 0.29) is 11.9 Å². The van der Waals surface area contributed by atoms with Gasteiger partial charge in [0.05, 0.1) is 11.9 Å². The molecule has 1 unspecified atom stereocenters. The van der Waals surface area contributed by atoms with Gasteiger partial charge in [-0.1, -0.05) is 0 Å². The Morgan fingerprint density at radius 1 is 1.33 bits per heavy atom. The first-order chi connectivity index (χ1) is 7.16. The van der Waals surface area contributed by atoms with Gasteiger partial charge in [0.2, 0.25) is 0 Å². The molecule has 0 aliphatic rings. The highest BCUT2D eigenvalue weighted by Crippen LogP contribution is 2.17. The zero-order chi connectivity index (χ0) is 10.8. The van der Waals surface area contributed by atoms with E-state index in [2.05, 4.69) is 9.97 Å². The van der Waals surface area contributed by atoms with Gasteiger partial charge in [0, 0.05) is 11.6 Å². The molecule has 0 saturated carbocycles. The topological polar surface area (TPSA) is 54.7 Å². The lowest BCUT2D eigenvalue weighted by atomic mass is 10.2. The van der Waals surface area contributed by atoms with Crippen molar-refractivity contribution >= 4 is 0 Å². The van der Waals surface area contributed by atoms with Crippen LogP contribution in [0.25, 0.3) is 11.4 Å². The number of rotatable bonds is 2. The van der Waals surface area contributed by atoms with Gasteiger partial charge in [-0.25, -0.2) is 9.37 Å². The summed E-state index contributed by atoms with van der Waals surface area (Å²) in [6, 6.07) is 6.09. The number of nitrogens with two attached hydrogens (primary N) is 1. The molecule has 1 aromatic heterocycles. The molecule has 1 aromatic carbocycles. The van der Waals surface area contributed by atoms with Crippen LogP contribution in [0.2, 0.25) is 0 Å². The van der Waals surface area contributed by atoms with Gasteiger partial charge in [-0.15, -0.1) is 0 Å². The number of aromatic nitrogens is 2. The predicted octanol–water partition coefficient (Wildman–Crippen LogP) is 2.24. The second-order valence-corrected chi connectivity index (χ2v) is 3.48. The first-order valence-corrected chi connectivity index (χ1v) is 4.73. The second-order valence-electron chi connectivity index (χ2n) is 3.48. The number of hydrogen-bond donors (Lipinski definition) is 2. The third kappa shape index (κ3) is 2.05. The number of nitrogens with one attached hydrogen (secondary N) is 1. The Morgan fingerprint density at radius 3 is 2.53 bits per heavy atom. The molecule has 0 amide bonds. The summed E-state index contributed by atoms with van der Waals surface area (Å²) >= 11 is 0. The van der Waals surface area contributed by atoms with Crippen LogP contribution >= 0.6 is 0 Å². The first-order valence-electron chi connectivity index (χ1n) is 4.73. The molecular weight excluding hydrogens is 193 g/mol. The highest BCUT2D eigenvalue weighted by Gasteiger charge is 2.06. The van der Waals surface area contributed by atoms with Gasteiger partial charge in [-0.2, -0.15) is 0 Å². The van der Waals surface area contributed by atoms with Crippen LogP contribution in [-0.4, -0.2) is 9.97 Å². The Hall–Kier alpha value is -1.68. The van der Waals surface area contributed by atoms with Gasteiger partial charge in [0.25, 0.3) is 0 Å². The molecule has 0 bridgehead atoms. The van der Waals surface area contributed by atoms with E-state index in [9.17, 15) is 4.39 Å². The third-order valence-electron chi connectivity index (χ3n) is 2.20. The SMILES string of the molecule is CC(N)c1cnc(-c2ccc(F)cc2)[nH]1. The molecule has 1 atom stereocenters. The second kappa shape index (κ2) is 3.82. The fraction of sp³-hybridized carbons (Fsp3) is 0.182. The molecule has 15 heavy (non-hydrogen) atoms. The minimum absolute atomic E-state index is 0.0771. The summed E-state index contributed by atoms with van der Waals surface area (Å²) in [5.74, 6) is 0.458. The predicted molar refractivity (Wildman–Crippen MR) is 56.6 cm³/mol. The van der Waals surface area contributed by atoms with Crippen molar-refractivity contribution in [1.29, 1.82) is 0 Å².